The van der Waals surface area contributed by atoms with E-state index in [0.717, 1.165) is 38.9 Å². The van der Waals surface area contributed by atoms with Gasteiger partial charge in [0.15, 0.2) is 0 Å². The summed E-state index contributed by atoms with van der Waals surface area (Å²) in [5.41, 5.74) is 1.30. The smallest absolute Gasteiger partial charge is 0.0492 e. The lowest BCUT2D eigenvalue weighted by Crippen LogP contribution is -2.36. The SMILES string of the molecule is Cn1nccc1CCN1CCC(CO)CC1. The van der Waals surface area contributed by atoms with E-state index in [1.165, 1.54) is 5.69 Å². The van der Waals surface area contributed by atoms with Crippen molar-refractivity contribution in [1.82, 2.24) is 14.7 Å². The molecular formula is C12H21N3O. The average Bonchev–Trinajstić information content (AvgIpc) is 2.73. The van der Waals surface area contributed by atoms with Crippen molar-refractivity contribution in [3.8, 4) is 0 Å². The largest absolute Gasteiger partial charge is 0.396 e. The highest BCUT2D eigenvalue weighted by Gasteiger charge is 2.18. The van der Waals surface area contributed by atoms with Crippen LogP contribution in [0.3, 0.4) is 0 Å². The molecule has 90 valence electrons. The van der Waals surface area contributed by atoms with Gasteiger partial charge in [0.2, 0.25) is 0 Å². The van der Waals surface area contributed by atoms with Gasteiger partial charge in [-0.15, -0.1) is 0 Å². The molecule has 2 rings (SSSR count). The summed E-state index contributed by atoms with van der Waals surface area (Å²) in [5, 5.41) is 13.2. The van der Waals surface area contributed by atoms with E-state index in [9.17, 15) is 0 Å². The molecular weight excluding hydrogens is 202 g/mol. The Labute approximate surface area is 96.9 Å². The quantitative estimate of drug-likeness (QED) is 0.815. The summed E-state index contributed by atoms with van der Waals surface area (Å²) in [4.78, 5) is 2.49. The van der Waals surface area contributed by atoms with Crippen LogP contribution < -0.4 is 0 Å². The minimum atomic E-state index is 0.357. The van der Waals surface area contributed by atoms with E-state index >= 15 is 0 Å². The molecule has 0 saturated carbocycles. The molecule has 16 heavy (non-hydrogen) atoms. The highest BCUT2D eigenvalue weighted by Crippen LogP contribution is 2.16. The molecule has 0 aromatic carbocycles. The molecule has 0 radical (unpaired) electrons. The molecule has 0 unspecified atom stereocenters. The molecule has 0 aliphatic carbocycles. The normalized spacial score (nSPS) is 19.1. The van der Waals surface area contributed by atoms with Crippen LogP contribution in [0, 0.1) is 5.92 Å². The van der Waals surface area contributed by atoms with Gasteiger partial charge < -0.3 is 10.0 Å². The van der Waals surface area contributed by atoms with Gasteiger partial charge in [-0.05, 0) is 37.9 Å². The van der Waals surface area contributed by atoms with Crippen LogP contribution in [0.4, 0.5) is 0 Å². The minimum absolute atomic E-state index is 0.357. The Bertz CT molecular complexity index is 316. The topological polar surface area (TPSA) is 41.3 Å². The summed E-state index contributed by atoms with van der Waals surface area (Å²) >= 11 is 0. The van der Waals surface area contributed by atoms with Crippen molar-refractivity contribution >= 4 is 0 Å². The van der Waals surface area contributed by atoms with Crippen molar-refractivity contribution < 1.29 is 5.11 Å². The third-order valence-electron chi connectivity index (χ3n) is 3.57. The Morgan fingerprint density at radius 2 is 2.19 bits per heavy atom. The van der Waals surface area contributed by atoms with Crippen molar-refractivity contribution in [2.24, 2.45) is 13.0 Å². The highest BCUT2D eigenvalue weighted by molar-refractivity contribution is 5.00. The first-order valence-electron chi connectivity index (χ1n) is 6.09. The molecule has 1 fully saturated rings. The lowest BCUT2D eigenvalue weighted by Gasteiger charge is -2.30. The zero-order chi connectivity index (χ0) is 11.4. The van der Waals surface area contributed by atoms with Crippen LogP contribution in [0.5, 0.6) is 0 Å². The summed E-state index contributed by atoms with van der Waals surface area (Å²) in [5.74, 6) is 0.535. The fourth-order valence-corrected chi connectivity index (χ4v) is 2.31. The van der Waals surface area contributed by atoms with Gasteiger partial charge >= 0.3 is 0 Å². The number of aliphatic hydroxyl groups excluding tert-OH is 1. The third kappa shape index (κ3) is 2.83. The lowest BCUT2D eigenvalue weighted by atomic mass is 9.98. The second-order valence-corrected chi connectivity index (χ2v) is 4.66. The number of hydrogen-bond donors (Lipinski definition) is 1. The van der Waals surface area contributed by atoms with Crippen LogP contribution in [0.25, 0.3) is 0 Å². The summed E-state index contributed by atoms with van der Waals surface area (Å²) < 4.78 is 1.94. The maximum atomic E-state index is 9.06. The minimum Gasteiger partial charge on any atom is -0.396 e. The van der Waals surface area contributed by atoms with Crippen LogP contribution in [-0.2, 0) is 13.5 Å². The molecule has 2 heterocycles. The van der Waals surface area contributed by atoms with Gasteiger partial charge in [0.05, 0.1) is 0 Å². The number of aryl methyl sites for hydroxylation is 1. The Morgan fingerprint density at radius 3 is 2.75 bits per heavy atom. The first kappa shape index (κ1) is 11.6. The maximum Gasteiger partial charge on any atom is 0.0492 e. The van der Waals surface area contributed by atoms with E-state index in [2.05, 4.69) is 16.1 Å². The van der Waals surface area contributed by atoms with E-state index < -0.39 is 0 Å². The van der Waals surface area contributed by atoms with Gasteiger partial charge in [-0.1, -0.05) is 0 Å². The van der Waals surface area contributed by atoms with Gasteiger partial charge in [0.25, 0.3) is 0 Å². The van der Waals surface area contributed by atoms with Crippen molar-refractivity contribution in [1.29, 1.82) is 0 Å². The number of aliphatic hydroxyl groups is 1. The summed E-state index contributed by atoms with van der Waals surface area (Å²) in [6.07, 6.45) is 5.21. The molecule has 1 aromatic heterocycles. The van der Waals surface area contributed by atoms with Crippen LogP contribution in [0.2, 0.25) is 0 Å². The third-order valence-corrected chi connectivity index (χ3v) is 3.57. The Kier molecular flexibility index (Phi) is 3.96. The van der Waals surface area contributed by atoms with Gasteiger partial charge in [-0.25, -0.2) is 0 Å². The number of piperidine rings is 1. The van der Waals surface area contributed by atoms with Gasteiger partial charge in [-0.2, -0.15) is 5.10 Å². The number of hydrogen-bond acceptors (Lipinski definition) is 3. The van der Waals surface area contributed by atoms with E-state index in [0.29, 0.717) is 12.5 Å². The van der Waals surface area contributed by atoms with E-state index in [4.69, 9.17) is 5.11 Å². The van der Waals surface area contributed by atoms with Crippen LogP contribution in [0.15, 0.2) is 12.3 Å². The van der Waals surface area contributed by atoms with Crippen LogP contribution >= 0.6 is 0 Å². The van der Waals surface area contributed by atoms with E-state index in [1.807, 2.05) is 17.9 Å². The molecule has 1 aliphatic rings. The molecule has 1 aromatic rings. The Hall–Kier alpha value is -0.870. The summed E-state index contributed by atoms with van der Waals surface area (Å²) in [6.45, 7) is 3.72. The van der Waals surface area contributed by atoms with E-state index in [-0.39, 0.29) is 0 Å². The molecule has 1 aliphatic heterocycles. The van der Waals surface area contributed by atoms with Gasteiger partial charge in [0, 0.05) is 38.5 Å². The van der Waals surface area contributed by atoms with Crippen LogP contribution in [0.1, 0.15) is 18.5 Å². The standard InChI is InChI=1S/C12H21N3O/c1-14-12(2-6-13-14)5-9-15-7-3-11(10-16)4-8-15/h2,6,11,16H,3-5,7-10H2,1H3. The first-order chi connectivity index (χ1) is 7.79. The second-order valence-electron chi connectivity index (χ2n) is 4.66. The Morgan fingerprint density at radius 1 is 1.44 bits per heavy atom. The molecule has 1 saturated heterocycles. The number of likely N-dealkylation sites (tertiary alicyclic amines) is 1. The Balaban J connectivity index is 1.73. The average molecular weight is 223 g/mol. The monoisotopic (exact) mass is 223 g/mol. The molecule has 4 heteroatoms. The van der Waals surface area contributed by atoms with Gasteiger partial charge in [0.1, 0.15) is 0 Å². The predicted molar refractivity (Wildman–Crippen MR) is 63.2 cm³/mol. The number of nitrogens with zero attached hydrogens (tertiary/aromatic N) is 3. The van der Waals surface area contributed by atoms with Crippen LogP contribution in [-0.4, -0.2) is 46.0 Å². The highest BCUT2D eigenvalue weighted by atomic mass is 16.3. The number of rotatable bonds is 4. The van der Waals surface area contributed by atoms with Crippen molar-refractivity contribution in [3.05, 3.63) is 18.0 Å². The van der Waals surface area contributed by atoms with Gasteiger partial charge in [-0.3, -0.25) is 4.68 Å². The lowest BCUT2D eigenvalue weighted by molar-refractivity contribution is 0.132. The zero-order valence-electron chi connectivity index (χ0n) is 9.97. The summed E-state index contributed by atoms with van der Waals surface area (Å²) in [7, 11) is 1.99. The maximum absolute atomic E-state index is 9.06. The van der Waals surface area contributed by atoms with Crippen molar-refractivity contribution in [3.63, 3.8) is 0 Å². The predicted octanol–water partition coefficient (Wildman–Crippen LogP) is 0.667. The van der Waals surface area contributed by atoms with Crippen molar-refractivity contribution in [2.75, 3.05) is 26.2 Å². The molecule has 0 amide bonds. The van der Waals surface area contributed by atoms with Crippen molar-refractivity contribution in [2.45, 2.75) is 19.3 Å². The van der Waals surface area contributed by atoms with E-state index in [1.54, 1.807) is 0 Å². The fraction of sp³-hybridized carbons (Fsp3) is 0.750. The zero-order valence-corrected chi connectivity index (χ0v) is 9.97. The molecule has 0 bridgehead atoms. The number of aromatic nitrogens is 2. The second kappa shape index (κ2) is 5.46. The molecule has 0 atom stereocenters. The molecule has 4 nitrogen and oxygen atoms in total. The summed E-state index contributed by atoms with van der Waals surface area (Å²) in [6, 6.07) is 2.08. The first-order valence-corrected chi connectivity index (χ1v) is 6.09. The molecule has 0 spiro atoms. The fourth-order valence-electron chi connectivity index (χ4n) is 2.31. The molecule has 1 N–H and O–H groups in total.